The first-order valence-corrected chi connectivity index (χ1v) is 5.65. The molecule has 15 heavy (non-hydrogen) atoms. The van der Waals surface area contributed by atoms with Gasteiger partial charge in [0, 0.05) is 25.2 Å². The van der Waals surface area contributed by atoms with Gasteiger partial charge in [-0.05, 0) is 32.0 Å². The summed E-state index contributed by atoms with van der Waals surface area (Å²) < 4.78 is 5.46. The molecule has 2 nitrogen and oxygen atoms in total. The predicted octanol–water partition coefficient (Wildman–Crippen LogP) is 2.40. The average Bonchev–Trinajstić information content (AvgIpc) is 2.35. The number of hydrogen-bond acceptors (Lipinski definition) is 2. The molecular formula is C13H19NO. The van der Waals surface area contributed by atoms with Crippen molar-refractivity contribution in [3.8, 4) is 0 Å². The van der Waals surface area contributed by atoms with Crippen LogP contribution < -0.4 is 5.32 Å². The molecule has 2 aliphatic heterocycles. The highest BCUT2D eigenvalue weighted by molar-refractivity contribution is 5.23. The molecule has 0 aromatic heterocycles. The van der Waals surface area contributed by atoms with Crippen molar-refractivity contribution in [2.75, 3.05) is 19.8 Å². The van der Waals surface area contributed by atoms with Crippen LogP contribution in [0.1, 0.15) is 19.8 Å². The second kappa shape index (κ2) is 4.67. The van der Waals surface area contributed by atoms with Crippen molar-refractivity contribution in [2.45, 2.75) is 19.8 Å². The Kier molecular flexibility index (Phi) is 3.27. The summed E-state index contributed by atoms with van der Waals surface area (Å²) in [6, 6.07) is 0. The summed E-state index contributed by atoms with van der Waals surface area (Å²) in [6.45, 7) is 5.04. The Bertz CT molecular complexity index is 296. The van der Waals surface area contributed by atoms with Gasteiger partial charge in [-0.15, -0.1) is 0 Å². The predicted molar refractivity (Wildman–Crippen MR) is 62.5 cm³/mol. The first kappa shape index (κ1) is 10.5. The third-order valence-corrected chi connectivity index (χ3v) is 3.51. The van der Waals surface area contributed by atoms with Gasteiger partial charge in [0.2, 0.25) is 0 Å². The van der Waals surface area contributed by atoms with Gasteiger partial charge < -0.3 is 10.1 Å². The highest BCUT2D eigenvalue weighted by Crippen LogP contribution is 2.37. The SMILES string of the molecule is C\C1=C/C=C\C=C\NCC12CCOCC2. The van der Waals surface area contributed by atoms with E-state index in [0.717, 1.165) is 32.6 Å². The quantitative estimate of drug-likeness (QED) is 0.655. The van der Waals surface area contributed by atoms with E-state index < -0.39 is 0 Å². The molecule has 0 saturated carbocycles. The summed E-state index contributed by atoms with van der Waals surface area (Å²) in [7, 11) is 0. The molecular weight excluding hydrogens is 186 g/mol. The molecule has 2 heterocycles. The van der Waals surface area contributed by atoms with Crippen LogP contribution in [0.2, 0.25) is 0 Å². The summed E-state index contributed by atoms with van der Waals surface area (Å²) in [6.07, 6.45) is 12.8. The molecule has 82 valence electrons. The molecule has 1 spiro atoms. The van der Waals surface area contributed by atoms with Crippen LogP contribution in [-0.4, -0.2) is 19.8 Å². The molecule has 2 heteroatoms. The zero-order valence-electron chi connectivity index (χ0n) is 9.33. The Labute approximate surface area is 91.7 Å². The maximum absolute atomic E-state index is 5.46. The molecule has 0 aliphatic carbocycles. The lowest BCUT2D eigenvalue weighted by Crippen LogP contribution is -2.38. The molecule has 0 unspecified atom stereocenters. The van der Waals surface area contributed by atoms with Gasteiger partial charge in [-0.2, -0.15) is 0 Å². The summed E-state index contributed by atoms with van der Waals surface area (Å²) in [5.41, 5.74) is 1.77. The van der Waals surface area contributed by atoms with Crippen LogP contribution >= 0.6 is 0 Å². The molecule has 0 bridgehead atoms. The Morgan fingerprint density at radius 1 is 1.20 bits per heavy atom. The first-order chi connectivity index (χ1) is 7.33. The molecule has 0 aromatic carbocycles. The summed E-state index contributed by atoms with van der Waals surface area (Å²) >= 11 is 0. The fourth-order valence-corrected chi connectivity index (χ4v) is 2.29. The third-order valence-electron chi connectivity index (χ3n) is 3.51. The van der Waals surface area contributed by atoms with Gasteiger partial charge in [0.25, 0.3) is 0 Å². The summed E-state index contributed by atoms with van der Waals surface area (Å²) in [5.74, 6) is 0. The topological polar surface area (TPSA) is 21.3 Å². The van der Waals surface area contributed by atoms with E-state index in [1.165, 1.54) is 5.57 Å². The molecule has 0 radical (unpaired) electrons. The fourth-order valence-electron chi connectivity index (χ4n) is 2.29. The average molecular weight is 205 g/mol. The minimum Gasteiger partial charge on any atom is -0.390 e. The molecule has 0 atom stereocenters. The minimum absolute atomic E-state index is 0.303. The second-order valence-corrected chi connectivity index (χ2v) is 4.37. The van der Waals surface area contributed by atoms with Crippen molar-refractivity contribution in [3.63, 3.8) is 0 Å². The number of hydrogen-bond donors (Lipinski definition) is 1. The van der Waals surface area contributed by atoms with Crippen LogP contribution in [0.25, 0.3) is 0 Å². The zero-order valence-corrected chi connectivity index (χ0v) is 9.33. The summed E-state index contributed by atoms with van der Waals surface area (Å²) in [5, 5.41) is 3.39. The van der Waals surface area contributed by atoms with Gasteiger partial charge in [-0.1, -0.05) is 23.8 Å². The first-order valence-electron chi connectivity index (χ1n) is 5.65. The van der Waals surface area contributed by atoms with Crippen LogP contribution in [0.15, 0.2) is 36.1 Å². The van der Waals surface area contributed by atoms with Gasteiger partial charge in [0.1, 0.15) is 0 Å². The van der Waals surface area contributed by atoms with Crippen molar-refractivity contribution < 1.29 is 4.74 Å². The van der Waals surface area contributed by atoms with Gasteiger partial charge in [0.15, 0.2) is 0 Å². The van der Waals surface area contributed by atoms with E-state index >= 15 is 0 Å². The number of rotatable bonds is 0. The van der Waals surface area contributed by atoms with Gasteiger partial charge in [-0.25, -0.2) is 0 Å². The van der Waals surface area contributed by atoms with Gasteiger partial charge >= 0.3 is 0 Å². The van der Waals surface area contributed by atoms with E-state index in [-0.39, 0.29) is 0 Å². The Balaban J connectivity index is 2.22. The normalized spacial score (nSPS) is 32.7. The molecule has 2 aliphatic rings. The largest absolute Gasteiger partial charge is 0.390 e. The smallest absolute Gasteiger partial charge is 0.0475 e. The highest BCUT2D eigenvalue weighted by Gasteiger charge is 2.33. The highest BCUT2D eigenvalue weighted by atomic mass is 16.5. The fraction of sp³-hybridized carbons (Fsp3) is 0.538. The third kappa shape index (κ3) is 2.32. The Hall–Kier alpha value is -1.02. The summed E-state index contributed by atoms with van der Waals surface area (Å²) in [4.78, 5) is 0. The van der Waals surface area contributed by atoms with E-state index in [1.54, 1.807) is 0 Å². The van der Waals surface area contributed by atoms with E-state index in [0.29, 0.717) is 5.41 Å². The van der Waals surface area contributed by atoms with Crippen LogP contribution in [0.5, 0.6) is 0 Å². The lowest BCUT2D eigenvalue weighted by atomic mass is 9.74. The van der Waals surface area contributed by atoms with Crippen molar-refractivity contribution in [2.24, 2.45) is 5.41 Å². The van der Waals surface area contributed by atoms with Crippen molar-refractivity contribution in [1.29, 1.82) is 0 Å². The second-order valence-electron chi connectivity index (χ2n) is 4.37. The van der Waals surface area contributed by atoms with E-state index in [2.05, 4.69) is 30.5 Å². The molecule has 2 rings (SSSR count). The molecule has 0 amide bonds. The molecule has 1 N–H and O–H groups in total. The molecule has 0 aromatic rings. The standard InChI is InChI=1S/C13H19NO/c1-12-5-3-2-4-8-14-11-13(12)6-9-15-10-7-13/h2-5,8,14H,6-7,9-11H2,1H3/b3-2-,8-4+,12-5+. The van der Waals surface area contributed by atoms with E-state index in [9.17, 15) is 0 Å². The maximum Gasteiger partial charge on any atom is 0.0475 e. The lowest BCUT2D eigenvalue weighted by Gasteiger charge is -2.38. The zero-order chi connectivity index (χ0) is 10.6. The molecule has 1 saturated heterocycles. The lowest BCUT2D eigenvalue weighted by molar-refractivity contribution is 0.0336. The Morgan fingerprint density at radius 3 is 2.80 bits per heavy atom. The maximum atomic E-state index is 5.46. The molecule has 1 fully saturated rings. The van der Waals surface area contributed by atoms with Crippen molar-refractivity contribution >= 4 is 0 Å². The van der Waals surface area contributed by atoms with Crippen LogP contribution in [0, 0.1) is 5.41 Å². The number of allylic oxidation sites excluding steroid dienone is 4. The van der Waals surface area contributed by atoms with Gasteiger partial charge in [0.05, 0.1) is 0 Å². The van der Waals surface area contributed by atoms with Gasteiger partial charge in [-0.3, -0.25) is 0 Å². The van der Waals surface area contributed by atoms with E-state index in [4.69, 9.17) is 4.74 Å². The van der Waals surface area contributed by atoms with Crippen LogP contribution in [-0.2, 0) is 4.74 Å². The Morgan fingerprint density at radius 2 is 2.00 bits per heavy atom. The minimum atomic E-state index is 0.303. The van der Waals surface area contributed by atoms with Crippen LogP contribution in [0.4, 0.5) is 0 Å². The number of ether oxygens (including phenoxy) is 1. The number of nitrogens with one attached hydrogen (secondary N) is 1. The monoisotopic (exact) mass is 205 g/mol. The van der Waals surface area contributed by atoms with Crippen molar-refractivity contribution in [3.05, 3.63) is 36.1 Å². The van der Waals surface area contributed by atoms with E-state index in [1.807, 2.05) is 12.3 Å². The van der Waals surface area contributed by atoms with Crippen molar-refractivity contribution in [1.82, 2.24) is 5.32 Å². The van der Waals surface area contributed by atoms with Crippen LogP contribution in [0.3, 0.4) is 0 Å².